The van der Waals surface area contributed by atoms with Crippen LogP contribution in [0.25, 0.3) is 0 Å². The second-order valence-corrected chi connectivity index (χ2v) is 5.40. The number of carbonyl (C=O) groups is 1. The Morgan fingerprint density at radius 3 is 2.05 bits per heavy atom. The van der Waals surface area contributed by atoms with E-state index in [1.807, 2.05) is 19.9 Å². The maximum Gasteiger partial charge on any atom is 0.333 e. The predicted octanol–water partition coefficient (Wildman–Crippen LogP) is 5.66. The minimum Gasteiger partial charge on any atom is -0.456 e. The Balaban J connectivity index is 0. The van der Waals surface area contributed by atoms with E-state index < -0.39 is 0 Å². The highest BCUT2D eigenvalue weighted by Gasteiger charge is 2.29. The molecule has 0 radical (unpaired) electrons. The normalized spacial score (nSPS) is 19.2. The van der Waals surface area contributed by atoms with E-state index in [1.165, 1.54) is 32.1 Å². The summed E-state index contributed by atoms with van der Waals surface area (Å²) in [6.45, 7) is 5.97. The lowest BCUT2D eigenvalue weighted by Gasteiger charge is -2.31. The molecule has 0 amide bonds. The number of allylic oxidation sites excluding steroid dienone is 1. The van der Waals surface area contributed by atoms with Crippen LogP contribution >= 0.6 is 0 Å². The summed E-state index contributed by atoms with van der Waals surface area (Å²) in [7, 11) is 0. The van der Waals surface area contributed by atoms with Crippen molar-refractivity contribution < 1.29 is 9.53 Å². The first-order valence-electron chi connectivity index (χ1n) is 6.97. The van der Waals surface area contributed by atoms with Crippen molar-refractivity contribution in [1.82, 2.24) is 0 Å². The quantitative estimate of drug-likeness (QED) is 0.488. The van der Waals surface area contributed by atoms with Gasteiger partial charge in [-0.15, -0.1) is 0 Å². The molecule has 114 valence electrons. The largest absolute Gasteiger partial charge is 0.456 e. The summed E-state index contributed by atoms with van der Waals surface area (Å²) in [6.07, 6.45) is 11.1. The summed E-state index contributed by atoms with van der Waals surface area (Å²) in [5.74, 6) is -0.130. The Bertz CT molecular complexity index is 271. The standard InChI is InChI=1S/C15H26O2.2CH4/c1-4-10-13(2)14(16)17-15(3)11-8-6-5-7-9-12-15;;/h10H,4-9,11-12H2,1-3H3;2*1H4. The summed E-state index contributed by atoms with van der Waals surface area (Å²) < 4.78 is 5.72. The maximum absolute atomic E-state index is 11.9. The molecule has 0 aromatic rings. The van der Waals surface area contributed by atoms with Crippen LogP contribution in [0.5, 0.6) is 0 Å². The van der Waals surface area contributed by atoms with E-state index >= 15 is 0 Å². The van der Waals surface area contributed by atoms with Crippen molar-refractivity contribution in [3.05, 3.63) is 11.6 Å². The molecule has 0 aromatic carbocycles. The van der Waals surface area contributed by atoms with Crippen molar-refractivity contribution in [2.24, 2.45) is 0 Å². The molecule has 1 aliphatic carbocycles. The van der Waals surface area contributed by atoms with Crippen molar-refractivity contribution in [2.45, 2.75) is 92.6 Å². The zero-order valence-corrected chi connectivity index (χ0v) is 11.6. The van der Waals surface area contributed by atoms with E-state index in [-0.39, 0.29) is 26.4 Å². The molecular weight excluding hydrogens is 236 g/mol. The topological polar surface area (TPSA) is 26.3 Å². The van der Waals surface area contributed by atoms with Gasteiger partial charge in [0.15, 0.2) is 0 Å². The second-order valence-electron chi connectivity index (χ2n) is 5.40. The van der Waals surface area contributed by atoms with Gasteiger partial charge in [0.1, 0.15) is 5.60 Å². The van der Waals surface area contributed by atoms with Crippen molar-refractivity contribution in [3.63, 3.8) is 0 Å². The summed E-state index contributed by atoms with van der Waals surface area (Å²) in [6, 6.07) is 0. The molecule has 1 fully saturated rings. The van der Waals surface area contributed by atoms with E-state index in [4.69, 9.17) is 4.74 Å². The molecule has 1 rings (SSSR count). The smallest absolute Gasteiger partial charge is 0.333 e. The first kappa shape index (κ1) is 20.5. The van der Waals surface area contributed by atoms with Crippen LogP contribution in [0.4, 0.5) is 0 Å². The number of ether oxygens (including phenoxy) is 1. The highest BCUT2D eigenvalue weighted by Crippen LogP contribution is 2.30. The molecule has 2 heteroatoms. The maximum atomic E-state index is 11.9. The van der Waals surface area contributed by atoms with Gasteiger partial charge in [0.05, 0.1) is 0 Å². The number of hydrogen-bond acceptors (Lipinski definition) is 2. The monoisotopic (exact) mass is 270 g/mol. The molecule has 1 saturated carbocycles. The van der Waals surface area contributed by atoms with Gasteiger partial charge in [0.25, 0.3) is 0 Å². The van der Waals surface area contributed by atoms with Crippen LogP contribution in [-0.4, -0.2) is 11.6 Å². The van der Waals surface area contributed by atoms with Gasteiger partial charge in [-0.3, -0.25) is 0 Å². The molecule has 1 aliphatic rings. The second kappa shape index (κ2) is 10.1. The van der Waals surface area contributed by atoms with E-state index in [0.29, 0.717) is 0 Å². The third-order valence-corrected chi connectivity index (χ3v) is 3.58. The Morgan fingerprint density at radius 1 is 1.11 bits per heavy atom. The van der Waals surface area contributed by atoms with Gasteiger partial charge in [0, 0.05) is 5.57 Å². The molecule has 19 heavy (non-hydrogen) atoms. The van der Waals surface area contributed by atoms with Crippen LogP contribution in [0.3, 0.4) is 0 Å². The molecule has 0 spiro atoms. The van der Waals surface area contributed by atoms with Crippen molar-refractivity contribution in [3.8, 4) is 0 Å². The fraction of sp³-hybridized carbons (Fsp3) is 0.824. The van der Waals surface area contributed by atoms with E-state index in [2.05, 4.69) is 6.92 Å². The number of esters is 1. The van der Waals surface area contributed by atoms with Crippen LogP contribution in [-0.2, 0) is 9.53 Å². The van der Waals surface area contributed by atoms with Crippen molar-refractivity contribution >= 4 is 5.97 Å². The summed E-state index contributed by atoms with van der Waals surface area (Å²) in [5, 5.41) is 0. The zero-order chi connectivity index (χ0) is 12.7. The lowest BCUT2D eigenvalue weighted by Crippen LogP contribution is -2.32. The Labute approximate surface area is 120 Å². The SMILES string of the molecule is C.C.CCC=C(C)C(=O)OC1(C)CCCCCCC1. The number of carbonyl (C=O) groups excluding carboxylic acids is 1. The highest BCUT2D eigenvalue weighted by atomic mass is 16.6. The molecule has 0 aliphatic heterocycles. The van der Waals surface area contributed by atoms with Gasteiger partial charge in [-0.05, 0) is 46.0 Å². The van der Waals surface area contributed by atoms with E-state index in [0.717, 1.165) is 24.8 Å². The fourth-order valence-electron chi connectivity index (χ4n) is 2.45. The average Bonchev–Trinajstić information content (AvgIpc) is 2.25. The van der Waals surface area contributed by atoms with Gasteiger partial charge >= 0.3 is 5.97 Å². The van der Waals surface area contributed by atoms with Gasteiger partial charge in [-0.2, -0.15) is 0 Å². The summed E-state index contributed by atoms with van der Waals surface area (Å²) >= 11 is 0. The summed E-state index contributed by atoms with van der Waals surface area (Å²) in [4.78, 5) is 11.9. The number of hydrogen-bond donors (Lipinski definition) is 0. The lowest BCUT2D eigenvalue weighted by atomic mass is 9.88. The fourth-order valence-corrected chi connectivity index (χ4v) is 2.45. The molecule has 0 unspecified atom stereocenters. The Morgan fingerprint density at radius 2 is 1.58 bits per heavy atom. The molecule has 2 nitrogen and oxygen atoms in total. The molecule has 0 saturated heterocycles. The molecule has 0 heterocycles. The van der Waals surface area contributed by atoms with Crippen molar-refractivity contribution in [1.29, 1.82) is 0 Å². The van der Waals surface area contributed by atoms with Crippen molar-refractivity contribution in [2.75, 3.05) is 0 Å². The molecular formula is C17H34O2. The zero-order valence-electron chi connectivity index (χ0n) is 11.6. The van der Waals surface area contributed by atoms with E-state index in [1.54, 1.807) is 0 Å². The summed E-state index contributed by atoms with van der Waals surface area (Å²) in [5.41, 5.74) is 0.510. The Kier molecular flexibility index (Phi) is 10.9. The minimum atomic E-state index is -0.236. The van der Waals surface area contributed by atoms with E-state index in [9.17, 15) is 4.79 Å². The number of rotatable bonds is 3. The van der Waals surface area contributed by atoms with Gasteiger partial charge in [0.2, 0.25) is 0 Å². The highest BCUT2D eigenvalue weighted by molar-refractivity contribution is 5.88. The van der Waals surface area contributed by atoms with Crippen LogP contribution in [0.1, 0.15) is 87.0 Å². The van der Waals surface area contributed by atoms with Gasteiger partial charge in [-0.1, -0.05) is 47.1 Å². The van der Waals surface area contributed by atoms with Crippen LogP contribution in [0.2, 0.25) is 0 Å². The minimum absolute atomic E-state index is 0. The first-order chi connectivity index (χ1) is 8.07. The Hall–Kier alpha value is -0.790. The average molecular weight is 270 g/mol. The molecule has 0 atom stereocenters. The molecule has 0 N–H and O–H groups in total. The molecule has 0 aromatic heterocycles. The van der Waals surface area contributed by atoms with Crippen LogP contribution in [0.15, 0.2) is 11.6 Å². The predicted molar refractivity (Wildman–Crippen MR) is 84.3 cm³/mol. The van der Waals surface area contributed by atoms with Crippen LogP contribution < -0.4 is 0 Å². The van der Waals surface area contributed by atoms with Gasteiger partial charge < -0.3 is 4.74 Å². The third-order valence-electron chi connectivity index (χ3n) is 3.58. The first-order valence-corrected chi connectivity index (χ1v) is 6.97. The lowest BCUT2D eigenvalue weighted by molar-refractivity contribution is -0.155. The van der Waals surface area contributed by atoms with Crippen LogP contribution in [0, 0.1) is 0 Å². The molecule has 0 bridgehead atoms. The van der Waals surface area contributed by atoms with Gasteiger partial charge in [-0.25, -0.2) is 4.79 Å². The third kappa shape index (κ3) is 7.39.